The van der Waals surface area contributed by atoms with Crippen molar-refractivity contribution in [2.75, 3.05) is 13.6 Å². The maximum atomic E-state index is 12.6. The number of fused-ring (bicyclic) bond motifs is 2. The van der Waals surface area contributed by atoms with Gasteiger partial charge in [-0.2, -0.15) is 0 Å². The van der Waals surface area contributed by atoms with Gasteiger partial charge in [-0.25, -0.2) is 0 Å². The normalized spacial score (nSPS) is 31.0. The van der Waals surface area contributed by atoms with Crippen LogP contribution < -0.4 is 4.74 Å². The lowest BCUT2D eigenvalue weighted by atomic mass is 9.49. The van der Waals surface area contributed by atoms with Crippen LogP contribution in [0.3, 0.4) is 0 Å². The molecule has 2 aromatic carbocycles. The summed E-state index contributed by atoms with van der Waals surface area (Å²) in [6, 6.07) is 14.0. The Morgan fingerprint density at radius 2 is 1.97 bits per heavy atom. The first-order valence-corrected chi connectivity index (χ1v) is 11.9. The van der Waals surface area contributed by atoms with Crippen molar-refractivity contribution in [3.05, 3.63) is 81.6 Å². The number of aromatic nitrogens is 1. The van der Waals surface area contributed by atoms with E-state index in [-0.39, 0.29) is 18.8 Å². The molecule has 3 aromatic rings. The number of aliphatic hydroxyl groups is 2. The number of pyridine rings is 1. The van der Waals surface area contributed by atoms with E-state index in [2.05, 4.69) is 24.1 Å². The smallest absolute Gasteiger partial charge is 0.153 e. The molecule has 4 atom stereocenters. The molecule has 1 fully saturated rings. The second-order valence-electron chi connectivity index (χ2n) is 10.0. The van der Waals surface area contributed by atoms with E-state index >= 15 is 0 Å². The lowest BCUT2D eigenvalue weighted by molar-refractivity contribution is -0.168. The molecule has 7 rings (SSSR count). The Morgan fingerprint density at radius 1 is 1.15 bits per heavy atom. The Morgan fingerprint density at radius 3 is 2.76 bits per heavy atom. The molecule has 1 spiro atoms. The predicted octanol–water partition coefficient (Wildman–Crippen LogP) is 3.81. The number of hydrogen-bond acceptors (Lipinski definition) is 5. The van der Waals surface area contributed by atoms with Gasteiger partial charge >= 0.3 is 0 Å². The van der Waals surface area contributed by atoms with Crippen molar-refractivity contribution < 1.29 is 14.9 Å². The minimum atomic E-state index is -0.968. The van der Waals surface area contributed by atoms with E-state index < -0.39 is 11.0 Å². The Bertz CT molecular complexity index is 1310. The van der Waals surface area contributed by atoms with Gasteiger partial charge in [-0.1, -0.05) is 35.9 Å². The maximum Gasteiger partial charge on any atom is 0.153 e. The van der Waals surface area contributed by atoms with Gasteiger partial charge in [-0.05, 0) is 61.3 Å². The summed E-state index contributed by atoms with van der Waals surface area (Å²) < 4.78 is 6.67. The number of likely N-dealkylation sites (N-methyl/N-ethyl adjacent to an activating group) is 1. The second kappa shape index (κ2) is 6.57. The predicted molar refractivity (Wildman–Crippen MR) is 125 cm³/mol. The molecule has 1 saturated heterocycles. The van der Waals surface area contributed by atoms with Gasteiger partial charge in [0.2, 0.25) is 0 Å². The van der Waals surface area contributed by atoms with Crippen molar-refractivity contribution in [3.63, 3.8) is 0 Å². The number of aliphatic hydroxyl groups excluding tert-OH is 1. The lowest BCUT2D eigenvalue weighted by Crippen LogP contribution is -2.74. The number of benzene rings is 2. The highest BCUT2D eigenvalue weighted by Crippen LogP contribution is 2.67. The number of piperidine rings is 1. The fraction of sp³-hybridized carbons (Fsp3) is 0.370. The van der Waals surface area contributed by atoms with E-state index in [9.17, 15) is 10.2 Å². The molecule has 2 aliphatic carbocycles. The highest BCUT2D eigenvalue weighted by molar-refractivity contribution is 6.30. The molecule has 2 bridgehead atoms. The van der Waals surface area contributed by atoms with Crippen LogP contribution in [0, 0.1) is 0 Å². The van der Waals surface area contributed by atoms with Gasteiger partial charge in [0.15, 0.2) is 6.10 Å². The summed E-state index contributed by atoms with van der Waals surface area (Å²) in [5, 5.41) is 23.3. The molecule has 5 nitrogen and oxygen atoms in total. The Labute approximate surface area is 197 Å². The average Bonchev–Trinajstić information content (AvgIpc) is 3.17. The summed E-state index contributed by atoms with van der Waals surface area (Å²) in [6.45, 7) is 0.816. The molecule has 2 N–H and O–H groups in total. The van der Waals surface area contributed by atoms with Gasteiger partial charge in [-0.15, -0.1) is 0 Å². The molecule has 168 valence electrons. The molecule has 0 radical (unpaired) electrons. The summed E-state index contributed by atoms with van der Waals surface area (Å²) in [4.78, 5) is 7.24. The van der Waals surface area contributed by atoms with Gasteiger partial charge in [-0.3, -0.25) is 4.98 Å². The Kier molecular flexibility index (Phi) is 3.98. The van der Waals surface area contributed by atoms with E-state index in [1.54, 1.807) is 0 Å². The molecule has 33 heavy (non-hydrogen) atoms. The van der Waals surface area contributed by atoms with Gasteiger partial charge in [0.1, 0.15) is 5.75 Å². The first kappa shape index (κ1) is 20.0. The third kappa shape index (κ3) is 2.36. The molecule has 1 unspecified atom stereocenters. The van der Waals surface area contributed by atoms with E-state index in [1.807, 2.05) is 36.5 Å². The molecular weight excluding hydrogens is 436 g/mol. The van der Waals surface area contributed by atoms with Gasteiger partial charge < -0.3 is 19.8 Å². The van der Waals surface area contributed by atoms with Gasteiger partial charge in [0.25, 0.3) is 0 Å². The third-order valence-corrected chi connectivity index (χ3v) is 8.89. The zero-order valence-electron chi connectivity index (χ0n) is 18.4. The highest BCUT2D eigenvalue weighted by Gasteiger charge is 2.72. The Balaban J connectivity index is 1.46. The number of ether oxygens (including phenoxy) is 1. The van der Waals surface area contributed by atoms with Crippen molar-refractivity contribution in [3.8, 4) is 16.9 Å². The summed E-state index contributed by atoms with van der Waals surface area (Å²) >= 11 is 6.09. The number of halogens is 1. The van der Waals surface area contributed by atoms with E-state index in [0.29, 0.717) is 11.4 Å². The van der Waals surface area contributed by atoms with Crippen LogP contribution in [0.15, 0.2) is 48.7 Å². The van der Waals surface area contributed by atoms with Crippen molar-refractivity contribution in [2.45, 2.75) is 49.0 Å². The summed E-state index contributed by atoms with van der Waals surface area (Å²) in [5.41, 5.74) is 5.62. The molecular formula is C27H25ClN2O3. The quantitative estimate of drug-likeness (QED) is 0.608. The van der Waals surface area contributed by atoms with Crippen LogP contribution in [0.2, 0.25) is 5.02 Å². The van der Waals surface area contributed by atoms with E-state index in [4.69, 9.17) is 21.3 Å². The van der Waals surface area contributed by atoms with Crippen LogP contribution in [0.25, 0.3) is 11.1 Å². The second-order valence-corrected chi connectivity index (χ2v) is 10.5. The van der Waals surface area contributed by atoms with Crippen molar-refractivity contribution in [2.24, 2.45) is 0 Å². The molecule has 4 aliphatic rings. The fourth-order valence-corrected chi connectivity index (χ4v) is 7.23. The fourth-order valence-electron chi connectivity index (χ4n) is 7.11. The van der Waals surface area contributed by atoms with Crippen molar-refractivity contribution in [1.82, 2.24) is 9.88 Å². The number of rotatable bonds is 2. The SMILES string of the molecule is CN1CC[C@]23c4c5ccc(CO)c4O[C@H]2c2ncc(-c4ccc(Cl)cc4)cc2C[C@@]3(O)C1C5. The summed E-state index contributed by atoms with van der Waals surface area (Å²) in [5.74, 6) is 0.762. The summed E-state index contributed by atoms with van der Waals surface area (Å²) in [7, 11) is 2.12. The van der Waals surface area contributed by atoms with Gasteiger partial charge in [0.05, 0.1) is 23.3 Å². The lowest BCUT2D eigenvalue weighted by Gasteiger charge is -2.62. The van der Waals surface area contributed by atoms with Crippen LogP contribution in [-0.4, -0.2) is 45.3 Å². The zero-order valence-corrected chi connectivity index (χ0v) is 19.1. The number of hydrogen-bond donors (Lipinski definition) is 2. The molecule has 1 aromatic heterocycles. The monoisotopic (exact) mass is 460 g/mol. The van der Waals surface area contributed by atoms with Crippen LogP contribution in [0.4, 0.5) is 0 Å². The Hall–Kier alpha value is -2.44. The summed E-state index contributed by atoms with van der Waals surface area (Å²) in [6.07, 6.45) is 3.66. The van der Waals surface area contributed by atoms with Crippen LogP contribution in [0.1, 0.15) is 40.5 Å². The first-order valence-electron chi connectivity index (χ1n) is 11.6. The average molecular weight is 461 g/mol. The zero-order chi connectivity index (χ0) is 22.5. The van der Waals surface area contributed by atoms with Crippen LogP contribution in [-0.2, 0) is 24.9 Å². The number of likely N-dealkylation sites (tertiary alicyclic amines) is 1. The third-order valence-electron chi connectivity index (χ3n) is 8.64. The standard InChI is InChI=1S/C27H25ClN2O3/c1-30-9-8-26-22-16-2-3-17(14-31)24(22)33-25(26)23-18(12-27(26,32)21(30)11-16)10-19(13-29-23)15-4-6-20(28)7-5-15/h2-7,10,13,21,25,31-32H,8-9,11-12,14H2,1H3/t21?,25-,26-,27+/m0/s1. The van der Waals surface area contributed by atoms with Gasteiger partial charge in [0, 0.05) is 40.4 Å². The molecule has 0 amide bonds. The minimum absolute atomic E-state index is 0.00288. The largest absolute Gasteiger partial charge is 0.482 e. The highest BCUT2D eigenvalue weighted by atomic mass is 35.5. The molecule has 2 aliphatic heterocycles. The molecule has 3 heterocycles. The van der Waals surface area contributed by atoms with Crippen molar-refractivity contribution >= 4 is 11.6 Å². The van der Waals surface area contributed by atoms with E-state index in [1.165, 1.54) is 5.56 Å². The van der Waals surface area contributed by atoms with Crippen molar-refractivity contribution in [1.29, 1.82) is 0 Å². The first-order chi connectivity index (χ1) is 16.0. The number of nitrogens with zero attached hydrogens (tertiary/aromatic N) is 2. The molecule has 0 saturated carbocycles. The van der Waals surface area contributed by atoms with Crippen LogP contribution in [0.5, 0.6) is 5.75 Å². The van der Waals surface area contributed by atoms with E-state index in [0.717, 1.165) is 58.6 Å². The molecule has 6 heteroatoms. The maximum absolute atomic E-state index is 12.6. The topological polar surface area (TPSA) is 65.8 Å². The minimum Gasteiger partial charge on any atom is -0.482 e. The van der Waals surface area contributed by atoms with Crippen LogP contribution >= 0.6 is 11.6 Å².